The van der Waals surface area contributed by atoms with Gasteiger partial charge >= 0.3 is 18.3 Å². The van der Waals surface area contributed by atoms with Gasteiger partial charge in [0.1, 0.15) is 11.5 Å². The third-order valence-corrected chi connectivity index (χ3v) is 3.96. The first-order valence-corrected chi connectivity index (χ1v) is 9.59. The highest BCUT2D eigenvalue weighted by Gasteiger charge is 2.46. The van der Waals surface area contributed by atoms with E-state index in [9.17, 15) is 35.9 Å². The fourth-order valence-electron chi connectivity index (χ4n) is 2.84. The molecule has 11 heteroatoms. The van der Waals surface area contributed by atoms with Crippen molar-refractivity contribution in [3.63, 3.8) is 0 Å². The van der Waals surface area contributed by atoms with Crippen LogP contribution in [0.5, 0.6) is 0 Å². The second-order valence-electron chi connectivity index (χ2n) is 7.47. The van der Waals surface area contributed by atoms with Crippen LogP contribution in [0.2, 0.25) is 0 Å². The molecule has 176 valence electrons. The van der Waals surface area contributed by atoms with Gasteiger partial charge in [-0.15, -0.1) is 0 Å². The number of rotatable bonds is 4. The zero-order valence-corrected chi connectivity index (χ0v) is 18.7. The minimum Gasteiger partial charge on any atom is -0.459 e. The highest BCUT2D eigenvalue weighted by molar-refractivity contribution is 7.00. The summed E-state index contributed by atoms with van der Waals surface area (Å²) in [6.45, 7) is 4.38. The van der Waals surface area contributed by atoms with Gasteiger partial charge in [-0.3, -0.25) is 9.59 Å². The van der Waals surface area contributed by atoms with E-state index in [0.717, 1.165) is 0 Å². The van der Waals surface area contributed by atoms with Crippen molar-refractivity contribution >= 4 is 20.9 Å². The Labute approximate surface area is 182 Å². The molecule has 4 nitrogen and oxygen atoms in total. The van der Waals surface area contributed by atoms with Crippen LogP contribution in [0.1, 0.15) is 53.7 Å². The molecule has 0 aliphatic rings. The molecule has 2 aromatic rings. The third kappa shape index (κ3) is 6.95. The lowest BCUT2D eigenvalue weighted by molar-refractivity contribution is -0.156. The number of carbonyl (C=O) groups is 2. The maximum atomic E-state index is 13.5. The summed E-state index contributed by atoms with van der Waals surface area (Å²) in [7, 11) is 0.611. The molecule has 0 spiro atoms. The summed E-state index contributed by atoms with van der Waals surface area (Å²) in [6.07, 6.45) is -10.5. The number of esters is 1. The first-order chi connectivity index (χ1) is 14.6. The van der Waals surface area contributed by atoms with Gasteiger partial charge in [-0.25, -0.2) is 0 Å². The minimum absolute atomic E-state index is 0.0816. The SMILES string of the molecule is CC(C)(C)OC(=O)C(C(=O)c1c(C(F)(F)F)cccc1C(F)(F)F)c1ccccc1.O=[PH3]. The normalized spacial score (nSPS) is 13.0. The van der Waals surface area contributed by atoms with Crippen molar-refractivity contribution in [1.29, 1.82) is 0 Å². The van der Waals surface area contributed by atoms with Gasteiger partial charge in [0.15, 0.2) is 5.78 Å². The molecule has 0 N–H and O–H groups in total. The molecule has 0 amide bonds. The minimum atomic E-state index is -5.25. The van der Waals surface area contributed by atoms with Crippen LogP contribution in [0.3, 0.4) is 0 Å². The highest BCUT2D eigenvalue weighted by Crippen LogP contribution is 2.41. The van der Waals surface area contributed by atoms with Crippen LogP contribution in [0.4, 0.5) is 26.3 Å². The Kier molecular flexibility index (Phi) is 8.86. The summed E-state index contributed by atoms with van der Waals surface area (Å²) in [5.74, 6) is -4.89. The smallest absolute Gasteiger partial charge is 0.417 e. The Morgan fingerprint density at radius 2 is 1.22 bits per heavy atom. The molecule has 0 heterocycles. The Morgan fingerprint density at radius 1 is 0.781 bits per heavy atom. The van der Waals surface area contributed by atoms with Gasteiger partial charge in [0.25, 0.3) is 0 Å². The quantitative estimate of drug-likeness (QED) is 0.177. The number of hydrogen-bond donors (Lipinski definition) is 0. The van der Waals surface area contributed by atoms with E-state index in [1.807, 2.05) is 0 Å². The predicted molar refractivity (Wildman–Crippen MR) is 108 cm³/mol. The molecule has 0 aromatic heterocycles. The lowest BCUT2D eigenvalue weighted by atomic mass is 9.85. The van der Waals surface area contributed by atoms with E-state index >= 15 is 0 Å². The fourth-order valence-corrected chi connectivity index (χ4v) is 2.84. The van der Waals surface area contributed by atoms with Crippen LogP contribution < -0.4 is 0 Å². The van der Waals surface area contributed by atoms with Gasteiger partial charge in [-0.2, -0.15) is 26.3 Å². The Balaban J connectivity index is 0.00000249. The zero-order valence-electron chi connectivity index (χ0n) is 17.3. The molecule has 0 aliphatic heterocycles. The van der Waals surface area contributed by atoms with E-state index in [4.69, 9.17) is 9.30 Å². The lowest BCUT2D eigenvalue weighted by Gasteiger charge is -2.25. The molecule has 0 aliphatic carbocycles. The van der Waals surface area contributed by atoms with Gasteiger partial charge in [-0.1, -0.05) is 36.4 Å². The van der Waals surface area contributed by atoms with E-state index in [1.165, 1.54) is 51.1 Å². The molecular weight excluding hydrogens is 461 g/mol. The van der Waals surface area contributed by atoms with Crippen LogP contribution >= 0.6 is 9.12 Å². The average molecular weight is 482 g/mol. The summed E-state index contributed by atoms with van der Waals surface area (Å²) < 4.78 is 94.3. The molecule has 0 fully saturated rings. The van der Waals surface area contributed by atoms with Crippen LogP contribution in [0.15, 0.2) is 48.5 Å². The standard InChI is InChI=1S/C21H18F6O3.H3OP/c1-19(2,3)30-18(29)15(12-8-5-4-6-9-12)17(28)16-13(20(22,23)24)10-7-11-14(16)21(25,26)27;1-2/h4-11,15H,1-3H3;2H3. The van der Waals surface area contributed by atoms with E-state index in [1.54, 1.807) is 0 Å². The van der Waals surface area contributed by atoms with E-state index in [2.05, 4.69) is 0 Å². The molecule has 0 radical (unpaired) electrons. The summed E-state index contributed by atoms with van der Waals surface area (Å²) in [5.41, 5.74) is -6.36. The third-order valence-electron chi connectivity index (χ3n) is 3.96. The molecule has 2 rings (SSSR count). The van der Waals surface area contributed by atoms with Crippen molar-refractivity contribution in [3.8, 4) is 0 Å². The summed E-state index contributed by atoms with van der Waals surface area (Å²) >= 11 is 0. The summed E-state index contributed by atoms with van der Waals surface area (Å²) in [6, 6.07) is 8.16. The van der Waals surface area contributed by atoms with Gasteiger partial charge in [0.2, 0.25) is 0 Å². The number of benzene rings is 2. The monoisotopic (exact) mass is 482 g/mol. The zero-order chi connectivity index (χ0) is 24.9. The largest absolute Gasteiger partial charge is 0.459 e. The molecule has 0 saturated heterocycles. The average Bonchev–Trinajstić information content (AvgIpc) is 2.67. The van der Waals surface area contributed by atoms with E-state index < -0.39 is 52.3 Å². The topological polar surface area (TPSA) is 60.4 Å². The fraction of sp³-hybridized carbons (Fsp3) is 0.333. The number of ether oxygens (including phenoxy) is 1. The predicted octanol–water partition coefficient (Wildman–Crippen LogP) is 5.97. The van der Waals surface area contributed by atoms with Gasteiger partial charge < -0.3 is 9.30 Å². The van der Waals surface area contributed by atoms with Gasteiger partial charge in [0, 0.05) is 5.56 Å². The molecule has 2 atom stereocenters. The van der Waals surface area contributed by atoms with Crippen LogP contribution in [-0.4, -0.2) is 17.4 Å². The molecule has 32 heavy (non-hydrogen) atoms. The molecule has 0 bridgehead atoms. The molecule has 2 aromatic carbocycles. The molecule has 0 saturated carbocycles. The number of ketones is 1. The maximum absolute atomic E-state index is 13.5. The second-order valence-corrected chi connectivity index (χ2v) is 7.47. The van der Waals surface area contributed by atoms with Crippen LogP contribution in [-0.2, 0) is 26.4 Å². The number of halogens is 6. The Morgan fingerprint density at radius 3 is 1.59 bits per heavy atom. The van der Waals surface area contributed by atoms with Crippen LogP contribution in [0.25, 0.3) is 0 Å². The summed E-state index contributed by atoms with van der Waals surface area (Å²) in [5, 5.41) is 0. The van der Waals surface area contributed by atoms with Gasteiger partial charge in [-0.05, 0) is 38.5 Å². The summed E-state index contributed by atoms with van der Waals surface area (Å²) in [4.78, 5) is 25.8. The van der Waals surface area contributed by atoms with Crippen molar-refractivity contribution in [3.05, 3.63) is 70.8 Å². The second kappa shape index (κ2) is 10.3. The number of carbonyl (C=O) groups excluding carboxylic acids is 2. The molecule has 2 unspecified atom stereocenters. The van der Waals surface area contributed by atoms with Crippen molar-refractivity contribution in [1.82, 2.24) is 0 Å². The number of alkyl halides is 6. The lowest BCUT2D eigenvalue weighted by Crippen LogP contribution is -2.33. The number of Topliss-reactive ketones (excluding diaryl/α,β-unsaturated/α-hetero) is 1. The maximum Gasteiger partial charge on any atom is 0.417 e. The van der Waals surface area contributed by atoms with Crippen molar-refractivity contribution in [2.45, 2.75) is 44.6 Å². The van der Waals surface area contributed by atoms with Crippen molar-refractivity contribution in [2.24, 2.45) is 0 Å². The van der Waals surface area contributed by atoms with Crippen molar-refractivity contribution < 1.29 is 45.2 Å². The Bertz CT molecular complexity index is 917. The molecular formula is C21H21F6O4P. The van der Waals surface area contributed by atoms with E-state index in [-0.39, 0.29) is 5.56 Å². The highest BCUT2D eigenvalue weighted by atomic mass is 31.0. The van der Waals surface area contributed by atoms with Crippen molar-refractivity contribution in [2.75, 3.05) is 0 Å². The first kappa shape index (κ1) is 27.4. The first-order valence-electron chi connectivity index (χ1n) is 9.01. The van der Waals surface area contributed by atoms with Gasteiger partial charge in [0.05, 0.1) is 20.2 Å². The Hall–Kier alpha value is -2.61. The van der Waals surface area contributed by atoms with Crippen LogP contribution in [0, 0.1) is 0 Å². The number of hydrogen-bond acceptors (Lipinski definition) is 4. The van der Waals surface area contributed by atoms with E-state index in [0.29, 0.717) is 27.3 Å².